The molecule has 0 atom stereocenters. The van der Waals surface area contributed by atoms with Crippen molar-refractivity contribution in [1.82, 2.24) is 5.32 Å². The predicted octanol–water partition coefficient (Wildman–Crippen LogP) is 13.2. The van der Waals surface area contributed by atoms with Gasteiger partial charge in [0.1, 0.15) is 0 Å². The number of nitrogens with two attached hydrogens (primary N) is 1. The Hall–Kier alpha value is -5.44. The van der Waals surface area contributed by atoms with Crippen LogP contribution < -0.4 is 11.1 Å². The number of benzene rings is 3. The molecule has 0 fully saturated rings. The minimum absolute atomic E-state index is 0.0255. The zero-order valence-corrected chi connectivity index (χ0v) is 49.9. The molecular weight excluding hydrogens is 937 g/mol. The molecule has 0 saturated carbocycles. The van der Waals surface area contributed by atoms with Crippen LogP contribution in [0.2, 0.25) is 0 Å². The molecule has 0 aliphatic carbocycles. The van der Waals surface area contributed by atoms with Crippen molar-refractivity contribution in [3.8, 4) is 0 Å². The van der Waals surface area contributed by atoms with Crippen molar-refractivity contribution in [3.63, 3.8) is 0 Å². The Morgan fingerprint density at radius 3 is 0.905 bits per heavy atom. The molecule has 74 heavy (non-hydrogen) atoms. The van der Waals surface area contributed by atoms with Crippen LogP contribution in [0.15, 0.2) is 91.0 Å². The van der Waals surface area contributed by atoms with E-state index in [2.05, 4.69) is 127 Å². The standard InChI is InChI=1S/C9H18N2O.3C8H10.C7H16N2.2C5H10O2.C3H6O2.2C3H8O.CH4O/c1-3-4-5-6-7-9(10)11-8(2)12;3*1-2-8-6-4-3-5-7-8;1-2-3-4-5-6-7(8)9;2*1-4(2)7-5(3)6;1-3(4)5-2;2*1-3(2)4;1-2/h3-7H2,1-2H3,(H2,10,11,12);3*3-7H,2H2,1H3;2-6H2,1H3,(H3,8,9);2*4H,1-3H3;1-2H3;2*3-4H,1-2H3;2H,1H3. The van der Waals surface area contributed by atoms with E-state index in [1.807, 2.05) is 45.9 Å². The van der Waals surface area contributed by atoms with Gasteiger partial charge < -0.3 is 40.6 Å². The number of carbonyl (C=O) groups excluding carboxylic acids is 4. The van der Waals surface area contributed by atoms with Gasteiger partial charge in [-0.2, -0.15) is 0 Å². The number of unbranched alkanes of at least 4 members (excludes halogenated alkanes) is 6. The number of hydrogen-bond donors (Lipinski definition) is 7. The molecular formula is C60H110N4O10. The van der Waals surface area contributed by atoms with E-state index in [0.717, 1.165) is 52.1 Å². The Bertz CT molecular complexity index is 1500. The van der Waals surface area contributed by atoms with Gasteiger partial charge >= 0.3 is 17.9 Å². The number of hydrogen-bond acceptors (Lipinski definition) is 12. The lowest BCUT2D eigenvalue weighted by Crippen LogP contribution is -2.26. The maximum absolute atomic E-state index is 10.5. The largest absolute Gasteiger partial charge is 0.469 e. The highest BCUT2D eigenvalue weighted by Crippen LogP contribution is 2.03. The number of amidine groups is 2. The van der Waals surface area contributed by atoms with E-state index in [0.29, 0.717) is 18.1 Å². The van der Waals surface area contributed by atoms with Crippen LogP contribution in [0, 0.1) is 10.8 Å². The monoisotopic (exact) mass is 1050 g/mol. The van der Waals surface area contributed by atoms with E-state index in [1.165, 1.54) is 83.6 Å². The van der Waals surface area contributed by atoms with Crippen LogP contribution in [0.4, 0.5) is 0 Å². The zero-order valence-electron chi connectivity index (χ0n) is 49.9. The summed E-state index contributed by atoms with van der Waals surface area (Å²) >= 11 is 0. The number of rotatable bonds is 15. The van der Waals surface area contributed by atoms with Crippen LogP contribution in [0.5, 0.6) is 0 Å². The van der Waals surface area contributed by atoms with Gasteiger partial charge in [0.2, 0.25) is 5.91 Å². The molecule has 0 heterocycles. The summed E-state index contributed by atoms with van der Waals surface area (Å²) < 4.78 is 13.3. The first-order valence-corrected chi connectivity index (χ1v) is 26.2. The van der Waals surface area contributed by atoms with Gasteiger partial charge in [-0.25, -0.2) is 0 Å². The third kappa shape index (κ3) is 112. The number of aryl methyl sites for hydroxylation is 3. The summed E-state index contributed by atoms with van der Waals surface area (Å²) in [4.78, 5) is 40.1. The Kier molecular flexibility index (Phi) is 80.3. The molecule has 0 aliphatic heterocycles. The zero-order chi connectivity index (χ0) is 59.1. The maximum Gasteiger partial charge on any atom is 0.302 e. The lowest BCUT2D eigenvalue weighted by molar-refractivity contribution is -0.145. The second kappa shape index (κ2) is 69.6. The summed E-state index contributed by atoms with van der Waals surface area (Å²) in [5, 5.41) is 39.8. The molecule has 1 amide bonds. The molecule has 0 spiro atoms. The molecule has 0 radical (unpaired) electrons. The van der Waals surface area contributed by atoms with Crippen molar-refractivity contribution in [1.29, 1.82) is 10.8 Å². The average molecular weight is 1050 g/mol. The van der Waals surface area contributed by atoms with Crippen molar-refractivity contribution in [2.24, 2.45) is 5.73 Å². The topological polar surface area (TPSA) is 242 Å². The lowest BCUT2D eigenvalue weighted by Gasteiger charge is -2.02. The van der Waals surface area contributed by atoms with Crippen molar-refractivity contribution in [3.05, 3.63) is 108 Å². The fraction of sp³-hybridized carbons (Fsp3) is 0.600. The normalized spacial score (nSPS) is 8.89. The summed E-state index contributed by atoms with van der Waals surface area (Å²) in [6.45, 7) is 30.6. The van der Waals surface area contributed by atoms with Gasteiger partial charge in [-0.15, -0.1) is 0 Å². The molecule has 0 bridgehead atoms. The summed E-state index contributed by atoms with van der Waals surface area (Å²) in [6, 6.07) is 31.4. The first kappa shape index (κ1) is 85.3. The van der Waals surface area contributed by atoms with Crippen LogP contribution >= 0.6 is 0 Å². The molecule has 0 saturated heterocycles. The molecule has 14 nitrogen and oxygen atoms in total. The van der Waals surface area contributed by atoms with Crippen LogP contribution in [-0.4, -0.2) is 89.4 Å². The number of nitrogens with one attached hydrogen (secondary N) is 3. The highest BCUT2D eigenvalue weighted by Gasteiger charge is 1.98. The Labute approximate surface area is 452 Å². The molecule has 14 heteroatoms. The average Bonchev–Trinajstić information content (AvgIpc) is 3.33. The molecule has 3 aromatic carbocycles. The Morgan fingerprint density at radius 2 is 0.757 bits per heavy atom. The van der Waals surface area contributed by atoms with Gasteiger partial charge in [-0.3, -0.25) is 30.0 Å². The minimum Gasteiger partial charge on any atom is -0.469 e. The summed E-state index contributed by atoms with van der Waals surface area (Å²) in [5.74, 6) is -0.143. The highest BCUT2D eigenvalue weighted by molar-refractivity contribution is 5.95. The second-order valence-corrected chi connectivity index (χ2v) is 17.0. The van der Waals surface area contributed by atoms with Gasteiger partial charge in [0.25, 0.3) is 0 Å². The second-order valence-electron chi connectivity index (χ2n) is 17.0. The molecule has 3 rings (SSSR count). The van der Waals surface area contributed by atoms with E-state index in [1.54, 1.807) is 27.7 Å². The summed E-state index contributed by atoms with van der Waals surface area (Å²) in [5.41, 5.74) is 9.39. The Balaban J connectivity index is -0.000000110. The van der Waals surface area contributed by atoms with Crippen molar-refractivity contribution >= 4 is 35.5 Å². The van der Waals surface area contributed by atoms with Crippen LogP contribution in [0.3, 0.4) is 0 Å². The van der Waals surface area contributed by atoms with Gasteiger partial charge in [-0.1, -0.05) is 164 Å². The van der Waals surface area contributed by atoms with Gasteiger partial charge in [-0.05, 0) is 104 Å². The van der Waals surface area contributed by atoms with Gasteiger partial charge in [0.15, 0.2) is 0 Å². The van der Waals surface area contributed by atoms with E-state index in [4.69, 9.17) is 31.9 Å². The lowest BCUT2D eigenvalue weighted by atomic mass is 10.1. The fourth-order valence-corrected chi connectivity index (χ4v) is 4.55. The third-order valence-electron chi connectivity index (χ3n) is 7.75. The number of aliphatic hydroxyl groups is 3. The first-order chi connectivity index (χ1) is 34.7. The maximum atomic E-state index is 10.5. The number of amides is 1. The SMILES string of the molecule is CC(=O)OC(C)C.CC(=O)OC(C)C.CC(C)O.CC(C)O.CCCCCCC(=N)N.CCCCCCC(=N)NC(C)=O.CCc1ccccc1.CCc1ccccc1.CCc1ccccc1.CO.COC(C)=O. The number of aliphatic hydroxyl groups excluding tert-OH is 3. The van der Waals surface area contributed by atoms with Gasteiger partial charge in [0.05, 0.1) is 31.0 Å². The van der Waals surface area contributed by atoms with E-state index in [-0.39, 0.29) is 48.2 Å². The summed E-state index contributed by atoms with van der Waals surface area (Å²) in [7, 11) is 2.35. The van der Waals surface area contributed by atoms with Crippen molar-refractivity contribution < 1.29 is 48.7 Å². The molecule has 0 aromatic heterocycles. The van der Waals surface area contributed by atoms with Crippen LogP contribution in [0.25, 0.3) is 0 Å². The van der Waals surface area contributed by atoms with E-state index >= 15 is 0 Å². The molecule has 3 aromatic rings. The highest BCUT2D eigenvalue weighted by atomic mass is 16.5. The van der Waals surface area contributed by atoms with Crippen LogP contribution in [-0.2, 0) is 52.7 Å². The Morgan fingerprint density at radius 1 is 0.500 bits per heavy atom. The van der Waals surface area contributed by atoms with E-state index in [9.17, 15) is 19.2 Å². The van der Waals surface area contributed by atoms with Crippen LogP contribution in [0.1, 0.15) is 199 Å². The van der Waals surface area contributed by atoms with E-state index < -0.39 is 0 Å². The summed E-state index contributed by atoms with van der Waals surface area (Å²) in [6.07, 6.45) is 14.0. The van der Waals surface area contributed by atoms with Crippen molar-refractivity contribution in [2.45, 2.75) is 226 Å². The quantitative estimate of drug-likeness (QED) is 0.0248. The first-order valence-electron chi connectivity index (χ1n) is 26.2. The molecule has 8 N–H and O–H groups in total. The number of carbonyl (C=O) groups is 4. The number of methoxy groups -OCH3 is 1. The smallest absolute Gasteiger partial charge is 0.302 e. The number of ether oxygens (including phenoxy) is 3. The van der Waals surface area contributed by atoms with Crippen molar-refractivity contribution in [2.75, 3.05) is 14.2 Å². The number of esters is 3. The van der Waals surface area contributed by atoms with Gasteiger partial charge in [0, 0.05) is 59.9 Å². The fourth-order valence-electron chi connectivity index (χ4n) is 4.55. The minimum atomic E-state index is -0.245. The predicted molar refractivity (Wildman–Crippen MR) is 313 cm³/mol. The third-order valence-corrected chi connectivity index (χ3v) is 7.75. The molecule has 0 aliphatic rings. The molecule has 430 valence electrons. The molecule has 0 unspecified atom stereocenters.